The number of carbonyl (C=O) groups is 5. The Morgan fingerprint density at radius 1 is 1.04 bits per heavy atom. The summed E-state index contributed by atoms with van der Waals surface area (Å²) in [6.07, 6.45) is 2.00. The fourth-order valence-corrected chi connectivity index (χ4v) is 9.21. The number of likely N-dealkylation sites (tertiary alicyclic amines) is 1. The number of methoxy groups -OCH3 is 1. The third kappa shape index (κ3) is 5.48. The number of nitrogens with zero attached hydrogens (tertiary/aromatic N) is 2. The van der Waals surface area contributed by atoms with Crippen LogP contribution in [-0.4, -0.2) is 63.4 Å². The molecule has 3 N–H and O–H groups in total. The minimum atomic E-state index is -1.61. The zero-order valence-electron chi connectivity index (χ0n) is 27.1. The molecule has 2 aliphatic carbocycles. The quantitative estimate of drug-likeness (QED) is 0.181. The van der Waals surface area contributed by atoms with Crippen LogP contribution in [0.15, 0.2) is 76.8 Å². The Hall–Kier alpha value is -4.75. The molecule has 4 aliphatic rings. The summed E-state index contributed by atoms with van der Waals surface area (Å²) in [4.78, 5) is 70.0. The topological polar surface area (TPSA) is 154 Å². The van der Waals surface area contributed by atoms with Crippen LogP contribution < -0.4 is 10.2 Å². The maximum atomic E-state index is 15.2. The molecule has 11 nitrogen and oxygen atoms in total. The lowest BCUT2D eigenvalue weighted by atomic mass is 9.49. The van der Waals surface area contributed by atoms with Gasteiger partial charge in [-0.2, -0.15) is 5.01 Å². The molecule has 6 atom stereocenters. The summed E-state index contributed by atoms with van der Waals surface area (Å²) in [6.45, 7) is -0.0461. The highest BCUT2D eigenvalue weighted by atomic mass is 79.9. The molecule has 4 amide bonds. The average Bonchev–Trinajstić information content (AvgIpc) is 3.47. The number of fused-ring (bicyclic) bond motifs is 4. The van der Waals surface area contributed by atoms with E-state index >= 15 is 4.79 Å². The number of ether oxygens (including phenoxy) is 1. The summed E-state index contributed by atoms with van der Waals surface area (Å²) in [7, 11) is 1.39. The molecule has 51 heavy (non-hydrogen) atoms. The molecule has 264 valence electrons. The van der Waals surface area contributed by atoms with Crippen molar-refractivity contribution in [2.45, 2.75) is 37.0 Å². The smallest absolute Gasteiger partial charge is 0.303 e. The number of halogens is 3. The number of rotatable bonds is 9. The Morgan fingerprint density at radius 3 is 2.41 bits per heavy atom. The number of hydrogen-bond donors (Lipinski definition) is 3. The number of aromatic hydroxyl groups is 1. The van der Waals surface area contributed by atoms with Gasteiger partial charge < -0.3 is 14.9 Å². The highest BCUT2D eigenvalue weighted by Crippen LogP contribution is 2.64. The van der Waals surface area contributed by atoms with Crippen LogP contribution in [0.25, 0.3) is 0 Å². The maximum Gasteiger partial charge on any atom is 0.303 e. The Morgan fingerprint density at radius 2 is 1.75 bits per heavy atom. The van der Waals surface area contributed by atoms with Crippen molar-refractivity contribution in [2.24, 2.45) is 23.7 Å². The normalized spacial score (nSPS) is 26.8. The standard InChI is InChI=1S/C37H32BrClFN3O8/c1-51-28-16-18(15-27(38)32(28)46)31-23-12-13-24-30(35(49)42(33(24)47)14-2-3-29(44)45)25(23)17-26-34(48)43(41-22-10-8-21(40)9-11-22)36(50)37(26,31)19-4-6-20(39)7-5-19/h4-12,15-16,24-26,30-31,41,46H,2-3,13-14,17H2,1H3,(H,44,45). The van der Waals surface area contributed by atoms with E-state index in [1.165, 1.54) is 31.4 Å². The minimum absolute atomic E-state index is 0.0384. The molecule has 3 fully saturated rings. The highest BCUT2D eigenvalue weighted by Gasteiger charge is 2.70. The second-order valence-corrected chi connectivity index (χ2v) is 14.5. The number of allylic oxidation sites excluding steroid dienone is 2. The van der Waals surface area contributed by atoms with Crippen LogP contribution in [0.3, 0.4) is 0 Å². The molecule has 7 rings (SSSR count). The minimum Gasteiger partial charge on any atom is -0.503 e. The van der Waals surface area contributed by atoms with Gasteiger partial charge in [-0.1, -0.05) is 35.4 Å². The number of carboxylic acid groups (broad SMARTS) is 1. The molecule has 0 radical (unpaired) electrons. The first-order valence-corrected chi connectivity index (χ1v) is 17.6. The van der Waals surface area contributed by atoms with E-state index in [0.717, 1.165) is 9.91 Å². The summed E-state index contributed by atoms with van der Waals surface area (Å²) in [5.74, 6) is -7.81. The number of nitrogens with one attached hydrogen (secondary N) is 1. The molecular formula is C37H32BrClFN3O8. The van der Waals surface area contributed by atoms with Crippen LogP contribution in [0.5, 0.6) is 11.5 Å². The van der Waals surface area contributed by atoms with Gasteiger partial charge in [0, 0.05) is 23.9 Å². The molecule has 3 aromatic rings. The lowest BCUT2D eigenvalue weighted by Gasteiger charge is -2.50. The number of phenolic OH excluding ortho intramolecular Hbond substituents is 1. The summed E-state index contributed by atoms with van der Waals surface area (Å²) in [6, 6.07) is 15.1. The van der Waals surface area contributed by atoms with E-state index in [1.807, 2.05) is 6.08 Å². The van der Waals surface area contributed by atoms with Crippen molar-refractivity contribution in [3.8, 4) is 11.5 Å². The summed E-state index contributed by atoms with van der Waals surface area (Å²) < 4.78 is 19.6. The van der Waals surface area contributed by atoms with Gasteiger partial charge in [0.2, 0.25) is 11.8 Å². The summed E-state index contributed by atoms with van der Waals surface area (Å²) in [5.41, 5.74) is 3.25. The molecule has 2 saturated heterocycles. The van der Waals surface area contributed by atoms with Gasteiger partial charge in [-0.25, -0.2) is 4.39 Å². The van der Waals surface area contributed by atoms with Crippen molar-refractivity contribution in [1.82, 2.24) is 9.91 Å². The summed E-state index contributed by atoms with van der Waals surface area (Å²) in [5, 5.41) is 21.3. The SMILES string of the molecule is COc1cc(C2C3=CCC4C(=O)N(CCCC(=O)O)C(=O)C4C3CC3C(=O)N(Nc4ccc(F)cc4)C(=O)C32c2ccc(Cl)cc2)cc(Br)c1O. The van der Waals surface area contributed by atoms with Gasteiger partial charge in [0.15, 0.2) is 11.5 Å². The maximum absolute atomic E-state index is 15.2. The van der Waals surface area contributed by atoms with Gasteiger partial charge in [-0.15, -0.1) is 0 Å². The van der Waals surface area contributed by atoms with Crippen LogP contribution in [0, 0.1) is 29.5 Å². The number of carboxylic acids is 1. The Kier molecular flexibility index (Phi) is 8.91. The highest BCUT2D eigenvalue weighted by molar-refractivity contribution is 9.10. The zero-order valence-corrected chi connectivity index (χ0v) is 29.5. The predicted octanol–water partition coefficient (Wildman–Crippen LogP) is 5.81. The number of carbonyl (C=O) groups excluding carboxylic acids is 4. The third-order valence-corrected chi connectivity index (χ3v) is 11.6. The van der Waals surface area contributed by atoms with E-state index in [1.54, 1.807) is 36.4 Å². The third-order valence-electron chi connectivity index (χ3n) is 10.7. The number of phenols is 1. The monoisotopic (exact) mass is 779 g/mol. The molecular weight excluding hydrogens is 749 g/mol. The van der Waals surface area contributed by atoms with Crippen molar-refractivity contribution in [3.63, 3.8) is 0 Å². The van der Waals surface area contributed by atoms with E-state index in [0.29, 0.717) is 27.4 Å². The second kappa shape index (κ2) is 13.1. The van der Waals surface area contributed by atoms with E-state index in [2.05, 4.69) is 21.4 Å². The molecule has 0 aromatic heterocycles. The number of hydrogen-bond acceptors (Lipinski definition) is 8. The molecule has 6 unspecified atom stereocenters. The van der Waals surface area contributed by atoms with Crippen LogP contribution in [0.1, 0.15) is 42.7 Å². The van der Waals surface area contributed by atoms with E-state index in [-0.39, 0.29) is 54.1 Å². The van der Waals surface area contributed by atoms with Crippen molar-refractivity contribution >= 4 is 62.8 Å². The van der Waals surface area contributed by atoms with Gasteiger partial charge in [-0.3, -0.25) is 34.3 Å². The predicted molar refractivity (Wildman–Crippen MR) is 185 cm³/mol. The van der Waals surface area contributed by atoms with Crippen LogP contribution in [0.4, 0.5) is 10.1 Å². The molecule has 14 heteroatoms. The number of imide groups is 2. The Balaban J connectivity index is 1.43. The first-order chi connectivity index (χ1) is 24.4. The molecule has 0 spiro atoms. The zero-order chi connectivity index (χ0) is 36.4. The fourth-order valence-electron chi connectivity index (χ4n) is 8.62. The van der Waals surface area contributed by atoms with Crippen molar-refractivity contribution in [2.75, 3.05) is 19.1 Å². The van der Waals surface area contributed by atoms with Crippen LogP contribution >= 0.6 is 27.5 Å². The Labute approximate surface area is 305 Å². The lowest BCUT2D eigenvalue weighted by molar-refractivity contribution is -0.142. The van der Waals surface area contributed by atoms with Crippen molar-refractivity contribution in [1.29, 1.82) is 0 Å². The molecule has 2 aliphatic heterocycles. The van der Waals surface area contributed by atoms with Gasteiger partial charge >= 0.3 is 5.97 Å². The fraction of sp³-hybridized carbons (Fsp3) is 0.324. The number of amides is 4. The number of benzene rings is 3. The van der Waals surface area contributed by atoms with Crippen LogP contribution in [0.2, 0.25) is 5.02 Å². The number of anilines is 1. The Bertz CT molecular complexity index is 2010. The molecule has 2 heterocycles. The second-order valence-electron chi connectivity index (χ2n) is 13.3. The van der Waals surface area contributed by atoms with Crippen molar-refractivity contribution in [3.05, 3.63) is 98.8 Å². The lowest BCUT2D eigenvalue weighted by Crippen LogP contribution is -2.53. The van der Waals surface area contributed by atoms with Gasteiger partial charge in [0.05, 0.1) is 40.4 Å². The number of hydrazine groups is 1. The molecule has 1 saturated carbocycles. The molecule has 3 aromatic carbocycles. The van der Waals surface area contributed by atoms with E-state index in [9.17, 15) is 28.7 Å². The number of aliphatic carboxylic acids is 1. The van der Waals surface area contributed by atoms with Gasteiger partial charge in [-0.05, 0) is 101 Å². The van der Waals surface area contributed by atoms with Gasteiger partial charge in [0.1, 0.15) is 5.82 Å². The first-order valence-electron chi connectivity index (χ1n) is 16.4. The summed E-state index contributed by atoms with van der Waals surface area (Å²) >= 11 is 9.75. The molecule has 0 bridgehead atoms. The largest absolute Gasteiger partial charge is 0.503 e. The first kappa shape index (κ1) is 34.7. The van der Waals surface area contributed by atoms with Crippen molar-refractivity contribution < 1.29 is 43.3 Å². The van der Waals surface area contributed by atoms with E-state index < -0.39 is 64.5 Å². The average molecular weight is 781 g/mol. The van der Waals surface area contributed by atoms with Gasteiger partial charge in [0.25, 0.3) is 11.8 Å². The van der Waals surface area contributed by atoms with E-state index in [4.69, 9.17) is 21.4 Å². The van der Waals surface area contributed by atoms with Crippen LogP contribution in [-0.2, 0) is 29.4 Å².